The van der Waals surface area contributed by atoms with E-state index in [1.807, 2.05) is 25.6 Å². The van der Waals surface area contributed by atoms with Crippen molar-refractivity contribution in [1.82, 2.24) is 18.4 Å². The molecular formula is C16H28N4O3S. The standard InChI is InChI=1S/C16H28N4O3S/c1-13-16(14(2)18(3)17-13)15-12-23-11-10-20(15)24(21,22)19-8-6-4-5-7-9-19/h15H,4-12H2,1-3H3/t15-/m0/s1. The van der Waals surface area contributed by atoms with Gasteiger partial charge in [-0.2, -0.15) is 22.1 Å². The summed E-state index contributed by atoms with van der Waals surface area (Å²) in [6.07, 6.45) is 4.11. The Morgan fingerprint density at radius 2 is 1.75 bits per heavy atom. The van der Waals surface area contributed by atoms with Crippen molar-refractivity contribution in [1.29, 1.82) is 0 Å². The fourth-order valence-corrected chi connectivity index (χ4v) is 5.59. The lowest BCUT2D eigenvalue weighted by Gasteiger charge is -2.38. The Kier molecular flexibility index (Phi) is 5.29. The summed E-state index contributed by atoms with van der Waals surface area (Å²) < 4.78 is 37.3. The SMILES string of the molecule is Cc1nn(C)c(C)c1[C@@H]1COCCN1S(=O)(=O)N1CCCCCC1. The van der Waals surface area contributed by atoms with E-state index in [0.717, 1.165) is 42.6 Å². The molecule has 1 aromatic rings. The molecule has 2 aliphatic heterocycles. The maximum Gasteiger partial charge on any atom is 0.282 e. The third-order valence-corrected chi connectivity index (χ3v) is 7.21. The van der Waals surface area contributed by atoms with Crippen molar-refractivity contribution >= 4 is 10.2 Å². The van der Waals surface area contributed by atoms with E-state index >= 15 is 0 Å². The summed E-state index contributed by atoms with van der Waals surface area (Å²) in [7, 11) is -1.59. The minimum absolute atomic E-state index is 0.291. The first-order chi connectivity index (χ1) is 11.4. The molecule has 3 rings (SSSR count). The summed E-state index contributed by atoms with van der Waals surface area (Å²) in [5.41, 5.74) is 2.86. The molecule has 2 aliphatic rings. The predicted octanol–water partition coefficient (Wildman–Crippen LogP) is 1.53. The van der Waals surface area contributed by atoms with Crippen LogP contribution in [0.4, 0.5) is 0 Å². The van der Waals surface area contributed by atoms with E-state index in [0.29, 0.717) is 32.8 Å². The van der Waals surface area contributed by atoms with E-state index in [-0.39, 0.29) is 6.04 Å². The van der Waals surface area contributed by atoms with E-state index < -0.39 is 10.2 Å². The molecule has 1 atom stereocenters. The van der Waals surface area contributed by atoms with Crippen LogP contribution in [0.1, 0.15) is 48.7 Å². The molecule has 0 aromatic carbocycles. The maximum absolute atomic E-state index is 13.3. The van der Waals surface area contributed by atoms with E-state index in [2.05, 4.69) is 5.10 Å². The van der Waals surface area contributed by atoms with Crippen LogP contribution in [0.2, 0.25) is 0 Å². The highest BCUT2D eigenvalue weighted by molar-refractivity contribution is 7.86. The normalized spacial score (nSPS) is 24.9. The van der Waals surface area contributed by atoms with Gasteiger partial charge in [-0.15, -0.1) is 0 Å². The number of hydrogen-bond acceptors (Lipinski definition) is 4. The van der Waals surface area contributed by atoms with E-state index in [1.54, 1.807) is 8.61 Å². The van der Waals surface area contributed by atoms with Crippen LogP contribution in [0.25, 0.3) is 0 Å². The molecular weight excluding hydrogens is 328 g/mol. The molecule has 0 aliphatic carbocycles. The lowest BCUT2D eigenvalue weighted by atomic mass is 10.0. The second-order valence-corrected chi connectivity index (χ2v) is 8.61. The highest BCUT2D eigenvalue weighted by atomic mass is 32.2. The van der Waals surface area contributed by atoms with Crippen LogP contribution in [0.5, 0.6) is 0 Å². The van der Waals surface area contributed by atoms with Crippen LogP contribution in [-0.4, -0.2) is 59.7 Å². The number of aryl methyl sites for hydroxylation is 2. The van der Waals surface area contributed by atoms with Gasteiger partial charge in [-0.3, -0.25) is 4.68 Å². The third-order valence-electron chi connectivity index (χ3n) is 5.17. The molecule has 24 heavy (non-hydrogen) atoms. The summed E-state index contributed by atoms with van der Waals surface area (Å²) in [6.45, 7) is 6.41. The summed E-state index contributed by atoms with van der Waals surface area (Å²) in [5.74, 6) is 0. The van der Waals surface area contributed by atoms with Gasteiger partial charge in [-0.1, -0.05) is 12.8 Å². The van der Waals surface area contributed by atoms with Crippen molar-refractivity contribution in [2.75, 3.05) is 32.8 Å². The average Bonchev–Trinajstić information content (AvgIpc) is 2.77. The van der Waals surface area contributed by atoms with Crippen LogP contribution < -0.4 is 0 Å². The molecule has 0 bridgehead atoms. The molecule has 3 heterocycles. The van der Waals surface area contributed by atoms with Gasteiger partial charge in [0.2, 0.25) is 0 Å². The van der Waals surface area contributed by atoms with Crippen molar-refractivity contribution in [3.63, 3.8) is 0 Å². The van der Waals surface area contributed by atoms with Crippen molar-refractivity contribution in [2.45, 2.75) is 45.6 Å². The molecule has 2 saturated heterocycles. The smallest absolute Gasteiger partial charge is 0.282 e. The van der Waals surface area contributed by atoms with Crippen molar-refractivity contribution < 1.29 is 13.2 Å². The van der Waals surface area contributed by atoms with Crippen molar-refractivity contribution in [3.05, 3.63) is 17.0 Å². The van der Waals surface area contributed by atoms with Gasteiger partial charge in [-0.25, -0.2) is 0 Å². The second-order valence-electron chi connectivity index (χ2n) is 6.73. The zero-order chi connectivity index (χ0) is 17.3. The Morgan fingerprint density at radius 3 is 2.33 bits per heavy atom. The number of hydrogen-bond donors (Lipinski definition) is 0. The molecule has 1 aromatic heterocycles. The van der Waals surface area contributed by atoms with Crippen LogP contribution in [0.3, 0.4) is 0 Å². The quantitative estimate of drug-likeness (QED) is 0.824. The fraction of sp³-hybridized carbons (Fsp3) is 0.812. The first-order valence-corrected chi connectivity index (χ1v) is 10.2. The van der Waals surface area contributed by atoms with Crippen LogP contribution in [-0.2, 0) is 22.0 Å². The lowest BCUT2D eigenvalue weighted by Crippen LogP contribution is -2.50. The van der Waals surface area contributed by atoms with Gasteiger partial charge in [0, 0.05) is 37.9 Å². The summed E-state index contributed by atoms with van der Waals surface area (Å²) >= 11 is 0. The Balaban J connectivity index is 1.94. The van der Waals surface area contributed by atoms with Crippen LogP contribution in [0.15, 0.2) is 0 Å². The average molecular weight is 356 g/mol. The van der Waals surface area contributed by atoms with Gasteiger partial charge in [0.15, 0.2) is 0 Å². The molecule has 0 spiro atoms. The first-order valence-electron chi connectivity index (χ1n) is 8.77. The van der Waals surface area contributed by atoms with Gasteiger partial charge in [0.05, 0.1) is 24.9 Å². The number of ether oxygens (including phenoxy) is 1. The largest absolute Gasteiger partial charge is 0.378 e. The molecule has 136 valence electrons. The summed E-state index contributed by atoms with van der Waals surface area (Å²) in [6, 6.07) is -0.291. The van der Waals surface area contributed by atoms with Gasteiger partial charge >= 0.3 is 0 Å². The van der Waals surface area contributed by atoms with Gasteiger partial charge in [0.1, 0.15) is 0 Å². The van der Waals surface area contributed by atoms with E-state index in [9.17, 15) is 8.42 Å². The Hall–Kier alpha value is -0.960. The maximum atomic E-state index is 13.3. The molecule has 0 saturated carbocycles. The third kappa shape index (κ3) is 3.24. The Morgan fingerprint density at radius 1 is 1.08 bits per heavy atom. The monoisotopic (exact) mass is 356 g/mol. The van der Waals surface area contributed by atoms with E-state index in [4.69, 9.17) is 4.74 Å². The summed E-state index contributed by atoms with van der Waals surface area (Å²) in [4.78, 5) is 0. The van der Waals surface area contributed by atoms with Gasteiger partial charge in [-0.05, 0) is 26.7 Å². The minimum Gasteiger partial charge on any atom is -0.378 e. The highest BCUT2D eigenvalue weighted by Gasteiger charge is 2.39. The molecule has 7 nitrogen and oxygen atoms in total. The molecule has 0 radical (unpaired) electrons. The first kappa shape index (κ1) is 17.8. The number of nitrogens with zero attached hydrogens (tertiary/aromatic N) is 4. The number of morpholine rings is 1. The van der Waals surface area contributed by atoms with E-state index in [1.165, 1.54) is 0 Å². The fourth-order valence-electron chi connectivity index (χ4n) is 3.78. The van der Waals surface area contributed by atoms with Gasteiger partial charge < -0.3 is 4.74 Å². The topological polar surface area (TPSA) is 67.7 Å². The van der Waals surface area contributed by atoms with Crippen LogP contribution in [0, 0.1) is 13.8 Å². The highest BCUT2D eigenvalue weighted by Crippen LogP contribution is 2.32. The lowest BCUT2D eigenvalue weighted by molar-refractivity contribution is 0.0287. The number of aromatic nitrogens is 2. The summed E-state index contributed by atoms with van der Waals surface area (Å²) in [5, 5.41) is 4.46. The predicted molar refractivity (Wildman–Crippen MR) is 91.9 cm³/mol. The molecule has 0 N–H and O–H groups in total. The zero-order valence-electron chi connectivity index (χ0n) is 14.9. The molecule has 2 fully saturated rings. The minimum atomic E-state index is -3.48. The van der Waals surface area contributed by atoms with Crippen molar-refractivity contribution in [2.24, 2.45) is 7.05 Å². The number of rotatable bonds is 3. The van der Waals surface area contributed by atoms with Crippen molar-refractivity contribution in [3.8, 4) is 0 Å². The molecule has 0 amide bonds. The second kappa shape index (κ2) is 7.11. The molecule has 8 heteroatoms. The molecule has 0 unspecified atom stereocenters. The Bertz CT molecular complexity index is 678. The Labute approximate surface area is 144 Å². The zero-order valence-corrected chi connectivity index (χ0v) is 15.7. The van der Waals surface area contributed by atoms with Crippen LogP contribution >= 0.6 is 0 Å². The van der Waals surface area contributed by atoms with Gasteiger partial charge in [0.25, 0.3) is 10.2 Å².